The van der Waals surface area contributed by atoms with Gasteiger partial charge in [0.25, 0.3) is 5.91 Å². The molecule has 3 N–H and O–H groups in total. The second-order valence-corrected chi connectivity index (χ2v) is 6.30. The van der Waals surface area contributed by atoms with Crippen LogP contribution in [0.25, 0.3) is 0 Å². The number of carbonyl (C=O) groups excluding carboxylic acids is 2. The van der Waals surface area contributed by atoms with Crippen LogP contribution in [-0.4, -0.2) is 42.4 Å². The van der Waals surface area contributed by atoms with Gasteiger partial charge >= 0.3 is 0 Å². The number of halogens is 2. The minimum absolute atomic E-state index is 0.0221. The highest BCUT2D eigenvalue weighted by atomic mass is 79.9. The number of hydrogen-bond acceptors (Lipinski definition) is 3. The first-order chi connectivity index (χ1) is 9.99. The van der Waals surface area contributed by atoms with E-state index in [-0.39, 0.29) is 18.5 Å². The number of primary amides is 1. The van der Waals surface area contributed by atoms with Crippen LogP contribution in [0.15, 0.2) is 22.7 Å². The number of nitrogens with one attached hydrogen (secondary N) is 1. The topological polar surface area (TPSA) is 75.4 Å². The second kappa shape index (κ2) is 7.24. The van der Waals surface area contributed by atoms with Gasteiger partial charge < -0.3 is 16.0 Å². The number of hydrogen-bond donors (Lipinski definition) is 2. The number of nitrogens with zero attached hydrogens (tertiary/aromatic N) is 1. The smallest absolute Gasteiger partial charge is 0.255 e. The molecule has 2 rings (SSSR count). The molecule has 0 aromatic heterocycles. The summed E-state index contributed by atoms with van der Waals surface area (Å²) in [6.07, 6.45) is 1.62. The average Bonchev–Trinajstić information content (AvgIpc) is 2.45. The third kappa shape index (κ3) is 4.18. The van der Waals surface area contributed by atoms with E-state index >= 15 is 0 Å². The van der Waals surface area contributed by atoms with E-state index in [2.05, 4.69) is 21.2 Å². The Morgan fingerprint density at radius 2 is 2.05 bits per heavy atom. The maximum absolute atomic E-state index is 12.7. The molecule has 1 heterocycles. The fourth-order valence-corrected chi connectivity index (χ4v) is 3.32. The second-order valence-electron chi connectivity index (χ2n) is 5.00. The molecular weight excluding hydrogens is 358 g/mol. The number of rotatable bonds is 4. The minimum Gasteiger partial charge on any atom is -0.368 e. The fraction of sp³-hybridized carbons (Fsp3) is 0.429. The van der Waals surface area contributed by atoms with Crippen molar-refractivity contribution >= 4 is 39.3 Å². The van der Waals surface area contributed by atoms with Gasteiger partial charge in [-0.3, -0.25) is 9.59 Å². The molecule has 1 aliphatic heterocycles. The monoisotopic (exact) mass is 373 g/mol. The normalized spacial score (nSPS) is 15.7. The van der Waals surface area contributed by atoms with Crippen LogP contribution in [-0.2, 0) is 4.79 Å². The van der Waals surface area contributed by atoms with Crippen LogP contribution in [0.1, 0.15) is 23.2 Å². The number of benzene rings is 1. The molecular formula is C14H17BrClN3O2. The lowest BCUT2D eigenvalue weighted by atomic mass is 10.0. The first kappa shape index (κ1) is 16.3. The molecule has 0 unspecified atom stereocenters. The van der Waals surface area contributed by atoms with Crippen LogP contribution in [0.4, 0.5) is 0 Å². The van der Waals surface area contributed by atoms with E-state index in [1.54, 1.807) is 23.1 Å². The van der Waals surface area contributed by atoms with Crippen molar-refractivity contribution in [2.75, 3.05) is 19.6 Å². The molecule has 0 aliphatic carbocycles. The van der Waals surface area contributed by atoms with Gasteiger partial charge in [-0.15, -0.1) is 0 Å². The van der Waals surface area contributed by atoms with Crippen molar-refractivity contribution < 1.29 is 9.59 Å². The first-order valence-electron chi connectivity index (χ1n) is 6.74. The molecule has 0 bridgehead atoms. The van der Waals surface area contributed by atoms with Crippen LogP contribution < -0.4 is 11.1 Å². The van der Waals surface area contributed by atoms with Gasteiger partial charge in [0.1, 0.15) is 0 Å². The zero-order valence-electron chi connectivity index (χ0n) is 11.4. The van der Waals surface area contributed by atoms with Crippen LogP contribution >= 0.6 is 27.5 Å². The van der Waals surface area contributed by atoms with Gasteiger partial charge in [-0.25, -0.2) is 0 Å². The Morgan fingerprint density at radius 1 is 1.38 bits per heavy atom. The number of piperidine rings is 1. The van der Waals surface area contributed by atoms with E-state index in [1.807, 2.05) is 0 Å². The third-order valence-electron chi connectivity index (χ3n) is 3.50. The summed E-state index contributed by atoms with van der Waals surface area (Å²) in [7, 11) is 0. The maximum atomic E-state index is 12.7. The van der Waals surface area contributed by atoms with Gasteiger partial charge in [-0.1, -0.05) is 11.6 Å². The Hall–Kier alpha value is -1.11. The van der Waals surface area contributed by atoms with Crippen LogP contribution in [0, 0.1) is 0 Å². The third-order valence-corrected chi connectivity index (χ3v) is 4.39. The van der Waals surface area contributed by atoms with Crippen molar-refractivity contribution in [3.63, 3.8) is 0 Å². The van der Waals surface area contributed by atoms with E-state index in [0.717, 1.165) is 25.9 Å². The van der Waals surface area contributed by atoms with Crippen molar-refractivity contribution in [3.8, 4) is 0 Å². The Morgan fingerprint density at radius 3 is 2.62 bits per heavy atom. The average molecular weight is 375 g/mol. The van der Waals surface area contributed by atoms with Crippen LogP contribution in [0.3, 0.4) is 0 Å². The van der Waals surface area contributed by atoms with Crippen molar-refractivity contribution in [2.45, 2.75) is 18.9 Å². The van der Waals surface area contributed by atoms with Crippen molar-refractivity contribution in [3.05, 3.63) is 33.3 Å². The zero-order valence-corrected chi connectivity index (χ0v) is 13.8. The summed E-state index contributed by atoms with van der Waals surface area (Å²) in [5, 5.41) is 3.78. The first-order valence-corrected chi connectivity index (χ1v) is 7.91. The molecule has 1 aliphatic rings. The molecule has 1 aromatic carbocycles. The van der Waals surface area contributed by atoms with Crippen LogP contribution in [0.5, 0.6) is 0 Å². The van der Waals surface area contributed by atoms with Gasteiger partial charge in [0, 0.05) is 15.5 Å². The number of amides is 2. The molecule has 0 saturated carbocycles. The molecule has 1 fully saturated rings. The van der Waals surface area contributed by atoms with E-state index in [0.29, 0.717) is 15.1 Å². The summed E-state index contributed by atoms with van der Waals surface area (Å²) in [5.74, 6) is -0.712. The molecule has 0 radical (unpaired) electrons. The molecule has 21 heavy (non-hydrogen) atoms. The van der Waals surface area contributed by atoms with Gasteiger partial charge in [0.2, 0.25) is 5.91 Å². The standard InChI is InChI=1S/C14H17BrClN3O2/c15-12-7-9(16)1-2-11(12)14(21)19(8-13(17)20)10-3-5-18-6-4-10/h1-2,7,10,18H,3-6,8H2,(H2,17,20). The van der Waals surface area contributed by atoms with Gasteiger partial charge in [0.15, 0.2) is 0 Å². The quantitative estimate of drug-likeness (QED) is 0.843. The molecule has 114 valence electrons. The predicted octanol–water partition coefficient (Wildman–Crippen LogP) is 1.78. The molecule has 2 amide bonds. The Bertz CT molecular complexity index is 547. The lowest BCUT2D eigenvalue weighted by Gasteiger charge is -2.34. The summed E-state index contributed by atoms with van der Waals surface area (Å²) in [6.45, 7) is 1.59. The van der Waals surface area contributed by atoms with Crippen molar-refractivity contribution in [1.29, 1.82) is 0 Å². The lowest BCUT2D eigenvalue weighted by Crippen LogP contribution is -2.49. The highest BCUT2D eigenvalue weighted by Gasteiger charge is 2.28. The number of carbonyl (C=O) groups is 2. The van der Waals surface area contributed by atoms with Crippen LogP contribution in [0.2, 0.25) is 5.02 Å². The Balaban J connectivity index is 2.26. The summed E-state index contributed by atoms with van der Waals surface area (Å²) < 4.78 is 0.614. The number of nitrogens with two attached hydrogens (primary N) is 1. The van der Waals surface area contributed by atoms with Crippen molar-refractivity contribution in [1.82, 2.24) is 10.2 Å². The SMILES string of the molecule is NC(=O)CN(C(=O)c1ccc(Cl)cc1Br)C1CCNCC1. The van der Waals surface area contributed by atoms with Crippen molar-refractivity contribution in [2.24, 2.45) is 5.73 Å². The van der Waals surface area contributed by atoms with E-state index in [1.165, 1.54) is 0 Å². The Kier molecular flexibility index (Phi) is 5.61. The van der Waals surface area contributed by atoms with Gasteiger partial charge in [-0.05, 0) is 60.1 Å². The maximum Gasteiger partial charge on any atom is 0.255 e. The predicted molar refractivity (Wildman–Crippen MR) is 85.3 cm³/mol. The van der Waals surface area contributed by atoms with E-state index in [9.17, 15) is 9.59 Å². The highest BCUT2D eigenvalue weighted by molar-refractivity contribution is 9.10. The summed E-state index contributed by atoms with van der Waals surface area (Å²) in [6, 6.07) is 5.00. The van der Waals surface area contributed by atoms with E-state index in [4.69, 9.17) is 17.3 Å². The highest BCUT2D eigenvalue weighted by Crippen LogP contribution is 2.24. The van der Waals surface area contributed by atoms with Gasteiger partial charge in [-0.2, -0.15) is 0 Å². The van der Waals surface area contributed by atoms with Gasteiger partial charge in [0.05, 0.1) is 12.1 Å². The molecule has 5 nitrogen and oxygen atoms in total. The minimum atomic E-state index is -0.507. The largest absolute Gasteiger partial charge is 0.368 e. The molecule has 1 aromatic rings. The Labute approximate surface area is 136 Å². The summed E-state index contributed by atoms with van der Waals surface area (Å²) >= 11 is 9.24. The summed E-state index contributed by atoms with van der Waals surface area (Å²) in [5.41, 5.74) is 5.78. The fourth-order valence-electron chi connectivity index (χ4n) is 2.47. The molecule has 7 heteroatoms. The lowest BCUT2D eigenvalue weighted by molar-refractivity contribution is -0.119. The summed E-state index contributed by atoms with van der Waals surface area (Å²) in [4.78, 5) is 25.6. The molecule has 0 spiro atoms. The van der Waals surface area contributed by atoms with E-state index < -0.39 is 5.91 Å². The molecule has 1 saturated heterocycles. The zero-order chi connectivity index (χ0) is 15.4. The molecule has 0 atom stereocenters.